The summed E-state index contributed by atoms with van der Waals surface area (Å²) in [6.07, 6.45) is 0.827. The first-order valence-electron chi connectivity index (χ1n) is 9.36. The first kappa shape index (κ1) is 19.2. The predicted molar refractivity (Wildman–Crippen MR) is 112 cm³/mol. The minimum atomic E-state index is 0.0832. The van der Waals surface area contributed by atoms with E-state index in [0.29, 0.717) is 40.4 Å². The molecule has 0 saturated carbocycles. The highest BCUT2D eigenvalue weighted by molar-refractivity contribution is 6.32. The van der Waals surface area contributed by atoms with Crippen LogP contribution in [0.25, 0.3) is 22.7 Å². The molecule has 29 heavy (non-hydrogen) atoms. The predicted octanol–water partition coefficient (Wildman–Crippen LogP) is 6.14. The van der Waals surface area contributed by atoms with Crippen LogP contribution >= 0.6 is 11.6 Å². The lowest BCUT2D eigenvalue weighted by Gasteiger charge is -2.07. The van der Waals surface area contributed by atoms with Crippen LogP contribution in [0.5, 0.6) is 17.6 Å². The number of aryl methyl sites for hydroxylation is 2. The minimum Gasteiger partial charge on any atom is -0.476 e. The molecule has 0 aliphatic carbocycles. The summed E-state index contributed by atoms with van der Waals surface area (Å²) >= 11 is 6.18. The molecule has 0 spiro atoms. The van der Waals surface area contributed by atoms with Crippen molar-refractivity contribution >= 4 is 22.8 Å². The van der Waals surface area contributed by atoms with Gasteiger partial charge in [-0.15, -0.1) is 0 Å². The Kier molecular flexibility index (Phi) is 5.36. The van der Waals surface area contributed by atoms with Crippen LogP contribution in [0.2, 0.25) is 5.02 Å². The Labute approximate surface area is 173 Å². The zero-order chi connectivity index (χ0) is 20.4. The number of benzene rings is 2. The molecule has 0 unspecified atom stereocenters. The van der Waals surface area contributed by atoms with E-state index >= 15 is 0 Å². The normalized spacial score (nSPS) is 11.0. The number of hydrogen-bond acceptors (Lipinski definition) is 6. The number of oxazole rings is 1. The summed E-state index contributed by atoms with van der Waals surface area (Å²) in [5.41, 5.74) is 3.87. The van der Waals surface area contributed by atoms with Gasteiger partial charge in [0.2, 0.25) is 5.89 Å². The van der Waals surface area contributed by atoms with Gasteiger partial charge in [-0.1, -0.05) is 47.9 Å². The Morgan fingerprint density at radius 1 is 1.00 bits per heavy atom. The molecule has 0 bridgehead atoms. The van der Waals surface area contributed by atoms with E-state index in [0.717, 1.165) is 23.1 Å². The maximum Gasteiger partial charge on any atom is 0.328 e. The van der Waals surface area contributed by atoms with Crippen molar-refractivity contribution in [3.05, 3.63) is 58.6 Å². The number of ether oxygens (including phenoxy) is 2. The van der Waals surface area contributed by atoms with E-state index in [1.54, 1.807) is 12.1 Å². The molecule has 7 heteroatoms. The van der Waals surface area contributed by atoms with Gasteiger partial charge in [0.15, 0.2) is 5.52 Å². The van der Waals surface area contributed by atoms with Crippen molar-refractivity contribution < 1.29 is 13.9 Å². The van der Waals surface area contributed by atoms with Crippen LogP contribution in [0, 0.1) is 13.8 Å². The fraction of sp³-hybridized carbons (Fsp3) is 0.227. The van der Waals surface area contributed by atoms with E-state index in [9.17, 15) is 0 Å². The largest absolute Gasteiger partial charge is 0.476 e. The van der Waals surface area contributed by atoms with Gasteiger partial charge in [-0.25, -0.2) is 4.98 Å². The van der Waals surface area contributed by atoms with Crippen LogP contribution in [-0.4, -0.2) is 21.6 Å². The molecule has 2 heterocycles. The zero-order valence-electron chi connectivity index (χ0n) is 16.4. The van der Waals surface area contributed by atoms with Crippen molar-refractivity contribution in [2.45, 2.75) is 27.2 Å². The third-order valence-corrected chi connectivity index (χ3v) is 4.47. The van der Waals surface area contributed by atoms with Crippen molar-refractivity contribution in [3.63, 3.8) is 0 Å². The average molecular weight is 410 g/mol. The molecule has 0 amide bonds. The van der Waals surface area contributed by atoms with Crippen molar-refractivity contribution in [1.82, 2.24) is 15.0 Å². The maximum absolute atomic E-state index is 6.18. The molecule has 0 aliphatic rings. The molecule has 2 aromatic carbocycles. The molecule has 0 atom stereocenters. The fourth-order valence-electron chi connectivity index (χ4n) is 2.97. The highest BCUT2D eigenvalue weighted by Gasteiger charge is 2.19. The van der Waals surface area contributed by atoms with E-state index in [4.69, 9.17) is 25.5 Å². The third kappa shape index (κ3) is 4.17. The van der Waals surface area contributed by atoms with E-state index in [-0.39, 0.29) is 6.01 Å². The van der Waals surface area contributed by atoms with Crippen molar-refractivity contribution in [2.24, 2.45) is 0 Å². The topological polar surface area (TPSA) is 70.3 Å². The fourth-order valence-corrected chi connectivity index (χ4v) is 3.15. The summed E-state index contributed by atoms with van der Waals surface area (Å²) in [5.74, 6) is 1.22. The standard InChI is InChI=1S/C22H20ClN3O3/c1-4-9-27-20-18-21(26-22(25-20)28-17-8-6-5-7-16(17)23)29-19(24-18)15-11-13(2)10-14(3)12-15/h5-8,10-12H,4,9H2,1-3H3. The summed E-state index contributed by atoms with van der Waals surface area (Å²) in [4.78, 5) is 13.3. The molecule has 148 valence electrons. The number of halogens is 1. The first-order valence-corrected chi connectivity index (χ1v) is 9.73. The van der Waals surface area contributed by atoms with Gasteiger partial charge in [0.25, 0.3) is 11.6 Å². The van der Waals surface area contributed by atoms with Crippen molar-refractivity contribution in [3.8, 4) is 29.1 Å². The second-order valence-electron chi connectivity index (χ2n) is 6.74. The molecule has 2 aromatic heterocycles. The average Bonchev–Trinajstić information content (AvgIpc) is 3.11. The van der Waals surface area contributed by atoms with Crippen LogP contribution in [0.1, 0.15) is 24.5 Å². The van der Waals surface area contributed by atoms with Gasteiger partial charge in [0, 0.05) is 5.56 Å². The van der Waals surface area contributed by atoms with Crippen molar-refractivity contribution in [2.75, 3.05) is 6.61 Å². The molecular weight excluding hydrogens is 390 g/mol. The lowest BCUT2D eigenvalue weighted by molar-refractivity contribution is 0.302. The third-order valence-electron chi connectivity index (χ3n) is 4.16. The summed E-state index contributed by atoms with van der Waals surface area (Å²) in [5, 5.41) is 0.459. The molecule has 0 fully saturated rings. The van der Waals surface area contributed by atoms with E-state index in [1.165, 1.54) is 0 Å². The molecule has 0 N–H and O–H groups in total. The van der Waals surface area contributed by atoms with Crippen LogP contribution < -0.4 is 9.47 Å². The zero-order valence-corrected chi connectivity index (χ0v) is 17.2. The molecule has 0 saturated heterocycles. The Hall–Kier alpha value is -3.12. The summed E-state index contributed by atoms with van der Waals surface area (Å²) < 4.78 is 17.5. The SMILES string of the molecule is CCCOc1nc(Oc2ccccc2Cl)nc2oc(-c3cc(C)cc(C)c3)nc12. The van der Waals surface area contributed by atoms with Crippen LogP contribution in [0.15, 0.2) is 46.9 Å². The Balaban J connectivity index is 1.79. The second kappa shape index (κ2) is 8.09. The number of hydrogen-bond donors (Lipinski definition) is 0. The summed E-state index contributed by atoms with van der Waals surface area (Å²) in [7, 11) is 0. The van der Waals surface area contributed by atoms with Gasteiger partial charge >= 0.3 is 6.01 Å². The molecule has 6 nitrogen and oxygen atoms in total. The van der Waals surface area contributed by atoms with Gasteiger partial charge in [0.1, 0.15) is 5.75 Å². The number of aromatic nitrogens is 3. The van der Waals surface area contributed by atoms with Gasteiger partial charge < -0.3 is 13.9 Å². The summed E-state index contributed by atoms with van der Waals surface area (Å²) in [6.45, 7) is 6.57. The number of para-hydroxylation sites is 1. The lowest BCUT2D eigenvalue weighted by Crippen LogP contribution is -2.01. The highest BCUT2D eigenvalue weighted by atomic mass is 35.5. The van der Waals surface area contributed by atoms with Crippen molar-refractivity contribution in [1.29, 1.82) is 0 Å². The van der Waals surface area contributed by atoms with Gasteiger partial charge in [-0.2, -0.15) is 9.97 Å². The Morgan fingerprint density at radius 3 is 2.48 bits per heavy atom. The molecule has 4 rings (SSSR count). The van der Waals surface area contributed by atoms with Gasteiger partial charge in [0.05, 0.1) is 11.6 Å². The molecular formula is C22H20ClN3O3. The molecule has 0 aliphatic heterocycles. The smallest absolute Gasteiger partial charge is 0.328 e. The Morgan fingerprint density at radius 2 is 1.76 bits per heavy atom. The van der Waals surface area contributed by atoms with Crippen LogP contribution in [0.4, 0.5) is 0 Å². The number of fused-ring (bicyclic) bond motifs is 1. The number of rotatable bonds is 6. The quantitative estimate of drug-likeness (QED) is 0.381. The second-order valence-corrected chi connectivity index (χ2v) is 7.15. The van der Waals surface area contributed by atoms with E-state index in [1.807, 2.05) is 45.0 Å². The van der Waals surface area contributed by atoms with E-state index in [2.05, 4.69) is 21.0 Å². The highest BCUT2D eigenvalue weighted by Crippen LogP contribution is 2.33. The van der Waals surface area contributed by atoms with Gasteiger partial charge in [-0.05, 0) is 44.5 Å². The van der Waals surface area contributed by atoms with Crippen LogP contribution in [0.3, 0.4) is 0 Å². The van der Waals surface area contributed by atoms with Crippen LogP contribution in [-0.2, 0) is 0 Å². The lowest BCUT2D eigenvalue weighted by atomic mass is 10.1. The maximum atomic E-state index is 6.18. The van der Waals surface area contributed by atoms with E-state index < -0.39 is 0 Å². The number of nitrogens with zero attached hydrogens (tertiary/aromatic N) is 3. The molecule has 4 aromatic rings. The Bertz CT molecular complexity index is 1150. The minimum absolute atomic E-state index is 0.0832. The van der Waals surface area contributed by atoms with Gasteiger partial charge in [-0.3, -0.25) is 0 Å². The molecule has 0 radical (unpaired) electrons. The monoisotopic (exact) mass is 409 g/mol. The first-order chi connectivity index (χ1) is 14.0. The summed E-state index contributed by atoms with van der Waals surface area (Å²) in [6, 6.07) is 13.3.